The number of thiazole rings is 1. The zero-order chi connectivity index (χ0) is 17.6. The van der Waals surface area contributed by atoms with Gasteiger partial charge in [-0.25, -0.2) is 15.0 Å². The minimum atomic E-state index is -0.0932. The van der Waals surface area contributed by atoms with E-state index < -0.39 is 0 Å². The molecule has 7 nitrogen and oxygen atoms in total. The van der Waals surface area contributed by atoms with Gasteiger partial charge in [-0.15, -0.1) is 11.3 Å². The van der Waals surface area contributed by atoms with Crippen LogP contribution in [0.4, 0.5) is 11.6 Å². The van der Waals surface area contributed by atoms with Crippen LogP contribution in [-0.2, 0) is 0 Å². The maximum absolute atomic E-state index is 12.2. The summed E-state index contributed by atoms with van der Waals surface area (Å²) in [6.45, 7) is 5.75. The highest BCUT2D eigenvalue weighted by molar-refractivity contribution is 7.16. The lowest BCUT2D eigenvalue weighted by molar-refractivity contribution is 0.0955. The first-order valence-electron chi connectivity index (χ1n) is 8.10. The Hall–Kier alpha value is -2.74. The van der Waals surface area contributed by atoms with E-state index in [4.69, 9.17) is 0 Å². The molecule has 0 atom stereocenters. The van der Waals surface area contributed by atoms with Crippen molar-refractivity contribution in [1.82, 2.24) is 20.3 Å². The number of aryl methyl sites for hydroxylation is 1. The molecule has 0 fully saturated rings. The molecule has 1 aromatic carbocycles. The van der Waals surface area contributed by atoms with Crippen LogP contribution in [-0.4, -0.2) is 40.5 Å². The van der Waals surface area contributed by atoms with E-state index in [0.717, 1.165) is 28.4 Å². The zero-order valence-electron chi connectivity index (χ0n) is 14.2. The molecule has 2 heterocycles. The number of fused-ring (bicyclic) bond motifs is 1. The summed E-state index contributed by atoms with van der Waals surface area (Å²) in [7, 11) is 0. The Morgan fingerprint density at radius 1 is 1.12 bits per heavy atom. The molecule has 3 N–H and O–H groups in total. The van der Waals surface area contributed by atoms with E-state index in [1.54, 1.807) is 11.6 Å². The summed E-state index contributed by atoms with van der Waals surface area (Å²) in [5, 5.41) is 9.27. The number of aromatic nitrogens is 3. The van der Waals surface area contributed by atoms with E-state index in [9.17, 15) is 4.79 Å². The van der Waals surface area contributed by atoms with E-state index in [0.29, 0.717) is 24.5 Å². The molecule has 8 heteroatoms. The topological polar surface area (TPSA) is 91.8 Å². The van der Waals surface area contributed by atoms with Crippen LogP contribution in [0.3, 0.4) is 0 Å². The van der Waals surface area contributed by atoms with Gasteiger partial charge in [0.25, 0.3) is 5.91 Å². The van der Waals surface area contributed by atoms with Crippen molar-refractivity contribution in [3.63, 3.8) is 0 Å². The number of benzene rings is 1. The van der Waals surface area contributed by atoms with Crippen LogP contribution in [0.25, 0.3) is 10.2 Å². The van der Waals surface area contributed by atoms with Crippen LogP contribution in [0.5, 0.6) is 0 Å². The van der Waals surface area contributed by atoms with Crippen molar-refractivity contribution < 1.29 is 4.79 Å². The lowest BCUT2D eigenvalue weighted by atomic mass is 10.2. The molecule has 25 heavy (non-hydrogen) atoms. The molecule has 0 saturated heterocycles. The lowest BCUT2D eigenvalue weighted by Gasteiger charge is -2.10. The van der Waals surface area contributed by atoms with E-state index in [2.05, 4.69) is 30.9 Å². The summed E-state index contributed by atoms with van der Waals surface area (Å²) < 4.78 is 1.01. The van der Waals surface area contributed by atoms with Crippen LogP contribution in [0.15, 0.2) is 29.8 Å². The van der Waals surface area contributed by atoms with Crippen LogP contribution >= 0.6 is 11.3 Å². The van der Waals surface area contributed by atoms with Crippen molar-refractivity contribution in [2.24, 2.45) is 0 Å². The van der Waals surface area contributed by atoms with Gasteiger partial charge in [-0.05, 0) is 32.0 Å². The number of hydrogen-bond acceptors (Lipinski definition) is 7. The number of hydrogen-bond donors (Lipinski definition) is 3. The number of anilines is 2. The molecule has 0 saturated carbocycles. The number of nitrogens with one attached hydrogen (secondary N) is 3. The first kappa shape index (κ1) is 17.1. The lowest BCUT2D eigenvalue weighted by Crippen LogP contribution is -2.28. The number of carbonyl (C=O) groups excluding carboxylic acids is 1. The quantitative estimate of drug-likeness (QED) is 0.564. The van der Waals surface area contributed by atoms with Gasteiger partial charge >= 0.3 is 0 Å². The highest BCUT2D eigenvalue weighted by Crippen LogP contribution is 2.19. The number of amides is 1. The van der Waals surface area contributed by atoms with Crippen molar-refractivity contribution in [2.45, 2.75) is 13.8 Å². The molecule has 0 radical (unpaired) electrons. The Morgan fingerprint density at radius 2 is 1.92 bits per heavy atom. The highest BCUT2D eigenvalue weighted by atomic mass is 32.1. The normalized spacial score (nSPS) is 10.6. The Labute approximate surface area is 149 Å². The van der Waals surface area contributed by atoms with Crippen LogP contribution in [0.2, 0.25) is 0 Å². The van der Waals surface area contributed by atoms with Gasteiger partial charge in [-0.1, -0.05) is 0 Å². The second kappa shape index (κ2) is 7.89. The van der Waals surface area contributed by atoms with Gasteiger partial charge in [0.15, 0.2) is 0 Å². The Bertz CT molecular complexity index is 878. The molecule has 1 amide bonds. The van der Waals surface area contributed by atoms with Gasteiger partial charge in [0, 0.05) is 31.3 Å². The fourth-order valence-corrected chi connectivity index (χ4v) is 3.11. The second-order valence-corrected chi connectivity index (χ2v) is 6.32. The van der Waals surface area contributed by atoms with E-state index in [-0.39, 0.29) is 5.91 Å². The molecule has 0 aliphatic carbocycles. The average molecular weight is 356 g/mol. The fraction of sp³-hybridized carbons (Fsp3) is 0.294. The average Bonchev–Trinajstić information content (AvgIpc) is 3.06. The molecule has 130 valence electrons. The summed E-state index contributed by atoms with van der Waals surface area (Å²) in [5.41, 5.74) is 3.34. The van der Waals surface area contributed by atoms with Gasteiger partial charge in [-0.3, -0.25) is 4.79 Å². The Balaban J connectivity index is 1.51. The minimum absolute atomic E-state index is 0.0932. The third-order valence-electron chi connectivity index (χ3n) is 3.51. The first-order chi connectivity index (χ1) is 12.2. The summed E-state index contributed by atoms with van der Waals surface area (Å²) in [6.07, 6.45) is 0. The number of nitrogens with zero attached hydrogens (tertiary/aromatic N) is 3. The smallest absolute Gasteiger partial charge is 0.251 e. The molecule has 2 aromatic heterocycles. The molecule has 0 spiro atoms. The van der Waals surface area contributed by atoms with Gasteiger partial charge in [0.1, 0.15) is 17.5 Å². The molecule has 3 rings (SSSR count). The summed E-state index contributed by atoms with van der Waals surface area (Å²) in [6, 6.07) is 7.38. The SMILES string of the molecule is CCNc1cc(NCCNC(=O)c2ccc3ncsc3c2)nc(C)n1. The van der Waals surface area contributed by atoms with E-state index >= 15 is 0 Å². The largest absolute Gasteiger partial charge is 0.370 e. The summed E-state index contributed by atoms with van der Waals surface area (Å²) in [5.74, 6) is 2.13. The molecular formula is C17H20N6OS. The second-order valence-electron chi connectivity index (χ2n) is 5.43. The number of rotatable bonds is 7. The van der Waals surface area contributed by atoms with Crippen molar-refractivity contribution in [2.75, 3.05) is 30.3 Å². The van der Waals surface area contributed by atoms with Gasteiger partial charge in [0.05, 0.1) is 15.7 Å². The molecule has 0 unspecified atom stereocenters. The van der Waals surface area contributed by atoms with Gasteiger partial charge < -0.3 is 16.0 Å². The van der Waals surface area contributed by atoms with Crippen molar-refractivity contribution >= 4 is 39.1 Å². The van der Waals surface area contributed by atoms with Gasteiger partial charge in [0.2, 0.25) is 0 Å². The highest BCUT2D eigenvalue weighted by Gasteiger charge is 2.07. The summed E-state index contributed by atoms with van der Waals surface area (Å²) in [4.78, 5) is 25.1. The first-order valence-corrected chi connectivity index (χ1v) is 8.98. The summed E-state index contributed by atoms with van der Waals surface area (Å²) >= 11 is 1.53. The van der Waals surface area contributed by atoms with Crippen molar-refractivity contribution in [3.05, 3.63) is 41.2 Å². The predicted octanol–water partition coefficient (Wildman–Crippen LogP) is 2.67. The molecular weight excluding hydrogens is 336 g/mol. The van der Waals surface area contributed by atoms with Crippen LogP contribution in [0.1, 0.15) is 23.1 Å². The molecule has 0 aliphatic heterocycles. The van der Waals surface area contributed by atoms with Crippen LogP contribution < -0.4 is 16.0 Å². The number of carbonyl (C=O) groups is 1. The molecule has 3 aromatic rings. The van der Waals surface area contributed by atoms with Crippen LogP contribution in [0, 0.1) is 6.92 Å². The van der Waals surface area contributed by atoms with Gasteiger partial charge in [-0.2, -0.15) is 0 Å². The van der Waals surface area contributed by atoms with E-state index in [1.807, 2.05) is 32.0 Å². The monoisotopic (exact) mass is 356 g/mol. The molecule has 0 bridgehead atoms. The zero-order valence-corrected chi connectivity index (χ0v) is 15.0. The van der Waals surface area contributed by atoms with Crippen molar-refractivity contribution in [3.8, 4) is 0 Å². The van der Waals surface area contributed by atoms with Crippen molar-refractivity contribution in [1.29, 1.82) is 0 Å². The van der Waals surface area contributed by atoms with E-state index in [1.165, 1.54) is 11.3 Å². The molecule has 0 aliphatic rings. The fourth-order valence-electron chi connectivity index (χ4n) is 2.39. The Kier molecular flexibility index (Phi) is 5.39. The third kappa shape index (κ3) is 4.42. The predicted molar refractivity (Wildman–Crippen MR) is 101 cm³/mol. The minimum Gasteiger partial charge on any atom is -0.370 e. The Morgan fingerprint density at radius 3 is 2.72 bits per heavy atom. The maximum atomic E-state index is 12.2. The standard InChI is InChI=1S/C17H20N6OS/c1-3-18-15-9-16(23-11(2)22-15)19-6-7-20-17(24)12-4-5-13-14(8-12)25-10-21-13/h4-5,8-10H,3,6-7H2,1-2H3,(H,20,24)(H2,18,19,22,23). The third-order valence-corrected chi connectivity index (χ3v) is 4.30. The maximum Gasteiger partial charge on any atom is 0.251 e.